The summed E-state index contributed by atoms with van der Waals surface area (Å²) in [5.74, 6) is -0.0371. The lowest BCUT2D eigenvalue weighted by molar-refractivity contribution is -0.0756. The number of rotatable bonds is 4. The highest BCUT2D eigenvalue weighted by Crippen LogP contribution is 2.38. The predicted molar refractivity (Wildman–Crippen MR) is 69.5 cm³/mol. The predicted octanol–water partition coefficient (Wildman–Crippen LogP) is -0.791. The Morgan fingerprint density at radius 2 is 2.33 bits per heavy atom. The molecule has 0 saturated carbocycles. The molecule has 0 spiro atoms. The fraction of sp³-hybridized carbons (Fsp3) is 0.600. The maximum Gasteiger partial charge on any atom is 0.351 e. The van der Waals surface area contributed by atoms with Gasteiger partial charge in [0, 0.05) is 6.20 Å². The number of hydrogen-bond acceptors (Lipinski definition) is 7. The van der Waals surface area contributed by atoms with Crippen molar-refractivity contribution in [3.63, 3.8) is 0 Å². The Morgan fingerprint density at radius 3 is 2.86 bits per heavy atom. The van der Waals surface area contributed by atoms with Crippen LogP contribution in [-0.2, 0) is 13.8 Å². The van der Waals surface area contributed by atoms with Crippen LogP contribution in [0.5, 0.6) is 0 Å². The van der Waals surface area contributed by atoms with Crippen LogP contribution in [0.15, 0.2) is 17.1 Å². The van der Waals surface area contributed by atoms with E-state index in [4.69, 9.17) is 15.4 Å². The first-order chi connectivity index (χ1) is 9.81. The van der Waals surface area contributed by atoms with Crippen LogP contribution < -0.4 is 11.4 Å². The number of aliphatic hydroxyl groups is 1. The summed E-state index contributed by atoms with van der Waals surface area (Å²) in [4.78, 5) is 23.9. The number of halogens is 1. The van der Waals surface area contributed by atoms with Gasteiger partial charge in [-0.25, -0.2) is 9.18 Å². The van der Waals surface area contributed by atoms with Gasteiger partial charge in [0.15, 0.2) is 12.4 Å². The number of hydrogen-bond donors (Lipinski definition) is 3. The van der Waals surface area contributed by atoms with Crippen molar-refractivity contribution in [2.45, 2.75) is 37.6 Å². The molecule has 21 heavy (non-hydrogen) atoms. The lowest BCUT2D eigenvalue weighted by Gasteiger charge is -2.19. The summed E-state index contributed by atoms with van der Waals surface area (Å²) >= 11 is 0. The average Bonchev–Trinajstić information content (AvgIpc) is 2.67. The molecule has 0 aromatic carbocycles. The number of aromatic nitrogens is 2. The third-order valence-corrected chi connectivity index (χ3v) is 3.52. The van der Waals surface area contributed by atoms with E-state index in [1.807, 2.05) is 0 Å². The second-order valence-electron chi connectivity index (χ2n) is 4.57. The van der Waals surface area contributed by atoms with Crippen LogP contribution in [0.1, 0.15) is 13.2 Å². The molecule has 2 rings (SSSR count). The van der Waals surface area contributed by atoms with Crippen LogP contribution in [0.25, 0.3) is 0 Å². The molecule has 1 aromatic rings. The van der Waals surface area contributed by atoms with E-state index in [0.29, 0.717) is 0 Å². The molecule has 1 fully saturated rings. The van der Waals surface area contributed by atoms with Gasteiger partial charge in [-0.05, 0) is 13.0 Å². The minimum Gasteiger partial charge on any atom is -0.391 e. The van der Waals surface area contributed by atoms with Gasteiger partial charge in [0.05, 0.1) is 6.10 Å². The first-order valence-corrected chi connectivity index (χ1v) is 7.29. The fourth-order valence-corrected chi connectivity index (χ4v) is 2.63. The van der Waals surface area contributed by atoms with E-state index < -0.39 is 44.7 Å². The number of alkyl halides is 1. The normalized spacial score (nSPS) is 32.0. The van der Waals surface area contributed by atoms with Crippen LogP contribution in [0.3, 0.4) is 0 Å². The Hall–Kier alpha value is -1.32. The second-order valence-corrected chi connectivity index (χ2v) is 5.33. The quantitative estimate of drug-likeness (QED) is 0.613. The molecule has 1 aliphatic rings. The van der Waals surface area contributed by atoms with Crippen molar-refractivity contribution in [2.24, 2.45) is 0 Å². The van der Waals surface area contributed by atoms with Gasteiger partial charge in [-0.1, -0.05) is 0 Å². The fourth-order valence-electron chi connectivity index (χ4n) is 2.13. The van der Waals surface area contributed by atoms with Crippen molar-refractivity contribution >= 4 is 14.1 Å². The van der Waals surface area contributed by atoms with Crippen LogP contribution in [-0.4, -0.2) is 44.0 Å². The van der Waals surface area contributed by atoms with Crippen LogP contribution in [0.2, 0.25) is 0 Å². The maximum absolute atomic E-state index is 14.4. The van der Waals surface area contributed by atoms with Gasteiger partial charge in [0.2, 0.25) is 0 Å². The molecule has 1 aromatic heterocycles. The standard InChI is InChI=1S/C10H15FN3O6P/c1-4(15)7-8(20-21(17)18)6(11)9(19-7)14-3-2-5(12)13-10(14)16/h2-4,6-9,15,21H,1H3,(H,17,18)(H2,12,13,16)/t4-,6?,7-,8?,9-/m1/s1. The Kier molecular flexibility index (Phi) is 4.74. The number of ether oxygens (including phenoxy) is 1. The summed E-state index contributed by atoms with van der Waals surface area (Å²) in [7, 11) is -3.44. The summed E-state index contributed by atoms with van der Waals surface area (Å²) in [6.07, 6.45) is -6.03. The first-order valence-electron chi connectivity index (χ1n) is 6.03. The Morgan fingerprint density at radius 1 is 1.67 bits per heavy atom. The molecule has 6 atom stereocenters. The number of anilines is 1. The Bertz CT molecular complexity index is 596. The largest absolute Gasteiger partial charge is 0.391 e. The topological polar surface area (TPSA) is 137 Å². The lowest BCUT2D eigenvalue weighted by Crippen LogP contribution is -2.37. The van der Waals surface area contributed by atoms with Gasteiger partial charge in [-0.2, -0.15) is 4.98 Å². The van der Waals surface area contributed by atoms with Crippen molar-refractivity contribution < 1.29 is 28.2 Å². The second kappa shape index (κ2) is 6.20. The zero-order valence-corrected chi connectivity index (χ0v) is 11.9. The number of aliphatic hydroxyl groups excluding tert-OH is 1. The van der Waals surface area contributed by atoms with E-state index in [9.17, 15) is 18.9 Å². The molecule has 0 amide bonds. The molecule has 9 nitrogen and oxygen atoms in total. The highest BCUT2D eigenvalue weighted by Gasteiger charge is 2.49. The molecule has 4 N–H and O–H groups in total. The van der Waals surface area contributed by atoms with Gasteiger partial charge < -0.3 is 25.0 Å². The van der Waals surface area contributed by atoms with Crippen LogP contribution in [0.4, 0.5) is 10.2 Å². The van der Waals surface area contributed by atoms with E-state index in [-0.39, 0.29) is 5.82 Å². The molecule has 0 radical (unpaired) electrons. The Balaban J connectivity index is 2.33. The zero-order chi connectivity index (χ0) is 15.7. The monoisotopic (exact) mass is 323 g/mol. The van der Waals surface area contributed by atoms with Gasteiger partial charge in [-0.15, -0.1) is 0 Å². The van der Waals surface area contributed by atoms with E-state index in [1.165, 1.54) is 19.2 Å². The van der Waals surface area contributed by atoms with Crippen molar-refractivity contribution in [1.82, 2.24) is 9.55 Å². The molecule has 118 valence electrons. The summed E-state index contributed by atoms with van der Waals surface area (Å²) in [5, 5.41) is 9.56. The zero-order valence-electron chi connectivity index (χ0n) is 10.9. The molecule has 11 heteroatoms. The summed E-state index contributed by atoms with van der Waals surface area (Å²) in [6, 6.07) is 1.28. The molecule has 2 heterocycles. The third-order valence-electron chi connectivity index (χ3n) is 3.04. The highest BCUT2D eigenvalue weighted by molar-refractivity contribution is 7.32. The van der Waals surface area contributed by atoms with Gasteiger partial charge in [0.1, 0.15) is 18.0 Å². The summed E-state index contributed by atoms with van der Waals surface area (Å²) in [5.41, 5.74) is 4.49. The SMILES string of the molecule is C[C@@H](O)[C@H]1O[C@@H](n2ccc(N)nc2=O)C(F)C1O[PH](=O)O. The summed E-state index contributed by atoms with van der Waals surface area (Å²) in [6.45, 7) is 1.31. The number of nitrogens with two attached hydrogens (primary N) is 1. The minimum atomic E-state index is -3.44. The van der Waals surface area contributed by atoms with Gasteiger partial charge >= 0.3 is 13.9 Å². The average molecular weight is 323 g/mol. The minimum absolute atomic E-state index is 0.0371. The molecule has 1 aliphatic heterocycles. The summed E-state index contributed by atoms with van der Waals surface area (Å²) < 4.78 is 35.9. The molecular formula is C10H15FN3O6P. The first kappa shape index (κ1) is 16.1. The van der Waals surface area contributed by atoms with E-state index in [0.717, 1.165) is 4.57 Å². The van der Waals surface area contributed by atoms with Gasteiger partial charge in [-0.3, -0.25) is 9.13 Å². The molecular weight excluding hydrogens is 308 g/mol. The van der Waals surface area contributed by atoms with E-state index >= 15 is 0 Å². The molecule has 0 aliphatic carbocycles. The maximum atomic E-state index is 14.4. The van der Waals surface area contributed by atoms with Crippen molar-refractivity contribution in [3.05, 3.63) is 22.7 Å². The number of nitrogens with zero attached hydrogens (tertiary/aromatic N) is 2. The number of nitrogen functional groups attached to an aromatic ring is 1. The van der Waals surface area contributed by atoms with E-state index in [2.05, 4.69) is 9.51 Å². The van der Waals surface area contributed by atoms with Crippen LogP contribution >= 0.6 is 8.25 Å². The van der Waals surface area contributed by atoms with Crippen LogP contribution in [0, 0.1) is 0 Å². The van der Waals surface area contributed by atoms with E-state index in [1.54, 1.807) is 0 Å². The Labute approximate surface area is 119 Å². The molecule has 3 unspecified atom stereocenters. The highest BCUT2D eigenvalue weighted by atomic mass is 31.1. The molecule has 0 bridgehead atoms. The third kappa shape index (κ3) is 3.30. The van der Waals surface area contributed by atoms with Crippen molar-refractivity contribution in [1.29, 1.82) is 0 Å². The van der Waals surface area contributed by atoms with Crippen molar-refractivity contribution in [2.75, 3.05) is 5.73 Å². The van der Waals surface area contributed by atoms with Crippen molar-refractivity contribution in [3.8, 4) is 0 Å². The lowest BCUT2D eigenvalue weighted by atomic mass is 10.1. The molecule has 1 saturated heterocycles. The van der Waals surface area contributed by atoms with Gasteiger partial charge in [0.25, 0.3) is 0 Å². The smallest absolute Gasteiger partial charge is 0.351 e.